The van der Waals surface area contributed by atoms with E-state index in [4.69, 9.17) is 4.74 Å². The lowest BCUT2D eigenvalue weighted by molar-refractivity contribution is -0.132. The molecule has 1 N–H and O–H groups in total. The predicted octanol–water partition coefficient (Wildman–Crippen LogP) is 2.92. The second-order valence-electron chi connectivity index (χ2n) is 7.25. The van der Waals surface area contributed by atoms with E-state index >= 15 is 0 Å². The third-order valence-electron chi connectivity index (χ3n) is 4.60. The average molecular weight is 426 g/mol. The molecule has 2 aromatic carbocycles. The number of amides is 2. The molecule has 0 saturated carbocycles. The monoisotopic (exact) mass is 426 g/mol. The summed E-state index contributed by atoms with van der Waals surface area (Å²) in [4.78, 5) is 24.9. The van der Waals surface area contributed by atoms with E-state index < -0.39 is 23.1 Å². The highest BCUT2D eigenvalue weighted by Crippen LogP contribution is 2.18. The molecular weight excluding hydrogens is 406 g/mol. The van der Waals surface area contributed by atoms with Crippen molar-refractivity contribution < 1.29 is 23.1 Å². The number of carbonyl (C=O) groups is 2. The number of ether oxygens (including phenoxy) is 1. The maximum Gasteiger partial charge on any atom is 0.268 e. The summed E-state index contributed by atoms with van der Waals surface area (Å²) in [5, 5.41) is 17.5. The molecule has 1 heterocycles. The summed E-state index contributed by atoms with van der Waals surface area (Å²) in [5.74, 6) is -2.90. The molecule has 0 bridgehead atoms. The Hall–Kier alpha value is -3.80. The number of nitriles is 1. The normalized spacial score (nSPS) is 15.5. The molecule has 31 heavy (non-hydrogen) atoms. The number of carbonyl (C=O) groups excluding carboxylic acids is 2. The molecule has 3 rings (SSSR count). The van der Waals surface area contributed by atoms with Crippen LogP contribution in [0.5, 0.6) is 5.75 Å². The van der Waals surface area contributed by atoms with E-state index in [1.165, 1.54) is 18.0 Å². The predicted molar refractivity (Wildman–Crippen MR) is 108 cm³/mol. The number of halogens is 2. The average Bonchev–Trinajstić information content (AvgIpc) is 2.77. The Morgan fingerprint density at radius 1 is 1.23 bits per heavy atom. The van der Waals surface area contributed by atoms with Crippen molar-refractivity contribution in [3.63, 3.8) is 0 Å². The summed E-state index contributed by atoms with van der Waals surface area (Å²) in [6.07, 6.45) is 0.259. The molecule has 0 unspecified atom stereocenters. The van der Waals surface area contributed by atoms with Crippen LogP contribution in [0.3, 0.4) is 0 Å². The Morgan fingerprint density at radius 2 is 1.97 bits per heavy atom. The number of nitrogens with zero attached hydrogens (tertiary/aromatic N) is 3. The molecule has 1 atom stereocenters. The highest BCUT2D eigenvalue weighted by Gasteiger charge is 2.32. The minimum atomic E-state index is -1.46. The fourth-order valence-corrected chi connectivity index (χ4v) is 2.86. The zero-order valence-corrected chi connectivity index (χ0v) is 16.8. The van der Waals surface area contributed by atoms with Crippen LogP contribution in [-0.2, 0) is 16.1 Å². The van der Waals surface area contributed by atoms with Gasteiger partial charge >= 0.3 is 0 Å². The first-order valence-electron chi connectivity index (χ1n) is 9.53. The van der Waals surface area contributed by atoms with Crippen LogP contribution in [-0.4, -0.2) is 34.7 Å². The van der Waals surface area contributed by atoms with Gasteiger partial charge in [0.15, 0.2) is 17.2 Å². The van der Waals surface area contributed by atoms with Crippen molar-refractivity contribution in [1.82, 2.24) is 10.3 Å². The van der Waals surface area contributed by atoms with Crippen molar-refractivity contribution in [3.8, 4) is 11.8 Å². The van der Waals surface area contributed by atoms with Crippen LogP contribution < -0.4 is 10.1 Å². The van der Waals surface area contributed by atoms with Gasteiger partial charge in [-0.2, -0.15) is 10.4 Å². The van der Waals surface area contributed by atoms with Gasteiger partial charge in [-0.3, -0.25) is 9.59 Å². The second-order valence-corrected chi connectivity index (χ2v) is 7.25. The van der Waals surface area contributed by atoms with Crippen LogP contribution in [0.1, 0.15) is 25.3 Å². The van der Waals surface area contributed by atoms with E-state index in [2.05, 4.69) is 10.4 Å². The molecule has 2 amide bonds. The maximum absolute atomic E-state index is 13.3. The molecule has 1 aliphatic heterocycles. The number of hydrogen-bond donors (Lipinski definition) is 1. The van der Waals surface area contributed by atoms with Crippen molar-refractivity contribution in [1.29, 1.82) is 5.26 Å². The lowest BCUT2D eigenvalue weighted by atomic mass is 10.0. The molecule has 160 valence electrons. The van der Waals surface area contributed by atoms with Gasteiger partial charge in [0, 0.05) is 18.9 Å². The first-order chi connectivity index (χ1) is 14.8. The number of benzene rings is 2. The fourth-order valence-electron chi connectivity index (χ4n) is 2.86. The quantitative estimate of drug-likeness (QED) is 0.737. The molecule has 2 aromatic rings. The van der Waals surface area contributed by atoms with Crippen molar-refractivity contribution in [2.45, 2.75) is 31.8 Å². The van der Waals surface area contributed by atoms with Crippen molar-refractivity contribution in [3.05, 3.63) is 65.7 Å². The van der Waals surface area contributed by atoms with Crippen LogP contribution in [0.15, 0.2) is 53.6 Å². The minimum Gasteiger partial charge on any atom is -0.490 e. The van der Waals surface area contributed by atoms with Gasteiger partial charge in [0.25, 0.3) is 5.91 Å². The van der Waals surface area contributed by atoms with E-state index in [0.29, 0.717) is 0 Å². The van der Waals surface area contributed by atoms with E-state index in [0.717, 1.165) is 17.7 Å². The summed E-state index contributed by atoms with van der Waals surface area (Å²) in [6.45, 7) is 1.35. The highest BCUT2D eigenvalue weighted by molar-refractivity contribution is 6.39. The summed E-state index contributed by atoms with van der Waals surface area (Å²) < 4.78 is 31.7. The first-order valence-corrected chi connectivity index (χ1v) is 9.53. The Morgan fingerprint density at radius 3 is 2.65 bits per heavy atom. The topological polar surface area (TPSA) is 94.8 Å². The maximum atomic E-state index is 13.3. The Labute approximate surface area is 177 Å². The smallest absolute Gasteiger partial charge is 0.268 e. The first kappa shape index (κ1) is 21.9. The van der Waals surface area contributed by atoms with E-state index in [1.807, 2.05) is 36.4 Å². The van der Waals surface area contributed by atoms with Gasteiger partial charge in [-0.1, -0.05) is 30.3 Å². The molecule has 0 spiro atoms. The molecule has 0 fully saturated rings. The van der Waals surface area contributed by atoms with Crippen LogP contribution in [0.2, 0.25) is 0 Å². The molecule has 0 radical (unpaired) electrons. The van der Waals surface area contributed by atoms with Crippen LogP contribution in [0, 0.1) is 23.0 Å². The summed E-state index contributed by atoms with van der Waals surface area (Å²) >= 11 is 0. The second kappa shape index (κ2) is 9.34. The highest BCUT2D eigenvalue weighted by atomic mass is 19.2. The number of rotatable bonds is 7. The summed E-state index contributed by atoms with van der Waals surface area (Å²) in [6, 6.07) is 14.2. The van der Waals surface area contributed by atoms with Gasteiger partial charge < -0.3 is 10.1 Å². The van der Waals surface area contributed by atoms with E-state index in [-0.39, 0.29) is 43.4 Å². The zero-order chi connectivity index (χ0) is 22.4. The van der Waals surface area contributed by atoms with E-state index in [9.17, 15) is 23.6 Å². The van der Waals surface area contributed by atoms with Crippen LogP contribution in [0.4, 0.5) is 8.78 Å². The Balaban J connectivity index is 1.67. The number of hydrogen-bond acceptors (Lipinski definition) is 5. The number of hydrazone groups is 1. The molecule has 9 heteroatoms. The zero-order valence-electron chi connectivity index (χ0n) is 16.8. The number of nitrogens with one attached hydrogen (secondary N) is 1. The standard InChI is InChI=1S/C22H20F2N4O3/c1-22(13-25,14-31-16-7-8-17(23)18(24)11-16)26-21(30)19-9-10-20(29)28(27-19)12-15-5-3-2-4-6-15/h2-8,11H,9-10,12,14H2,1H3,(H,26,30)/t22-/m0/s1. The molecular formula is C22H20F2N4O3. The van der Waals surface area contributed by atoms with Gasteiger partial charge in [-0.25, -0.2) is 13.8 Å². The minimum absolute atomic E-state index is 0.0178. The van der Waals surface area contributed by atoms with Crippen LogP contribution >= 0.6 is 0 Å². The van der Waals surface area contributed by atoms with Gasteiger partial charge in [-0.05, 0) is 24.6 Å². The largest absolute Gasteiger partial charge is 0.490 e. The summed E-state index contributed by atoms with van der Waals surface area (Å²) in [5.41, 5.74) is -0.483. The fraction of sp³-hybridized carbons (Fsp3) is 0.273. The molecule has 0 aliphatic carbocycles. The van der Waals surface area contributed by atoms with Crippen LogP contribution in [0.25, 0.3) is 0 Å². The lowest BCUT2D eigenvalue weighted by Gasteiger charge is -2.26. The van der Waals surface area contributed by atoms with Crippen molar-refractivity contribution >= 4 is 17.5 Å². The SMILES string of the molecule is C[C@](C#N)(COc1ccc(F)c(F)c1)NC(=O)C1=NN(Cc2ccccc2)C(=O)CC1. The van der Waals surface area contributed by atoms with Gasteiger partial charge in [-0.15, -0.1) is 0 Å². The molecule has 7 nitrogen and oxygen atoms in total. The lowest BCUT2D eigenvalue weighted by Crippen LogP contribution is -2.52. The van der Waals surface area contributed by atoms with Gasteiger partial charge in [0.05, 0.1) is 12.6 Å². The molecule has 0 saturated heterocycles. The Bertz CT molecular complexity index is 1050. The van der Waals surface area contributed by atoms with Crippen molar-refractivity contribution in [2.24, 2.45) is 5.10 Å². The third kappa shape index (κ3) is 5.63. The molecule has 0 aromatic heterocycles. The van der Waals surface area contributed by atoms with Crippen molar-refractivity contribution in [2.75, 3.05) is 6.61 Å². The van der Waals surface area contributed by atoms with Gasteiger partial charge in [0.1, 0.15) is 18.1 Å². The molecule has 1 aliphatic rings. The van der Waals surface area contributed by atoms with E-state index in [1.54, 1.807) is 0 Å². The van der Waals surface area contributed by atoms with Gasteiger partial charge in [0.2, 0.25) is 5.91 Å². The Kier molecular flexibility index (Phi) is 6.60. The third-order valence-corrected chi connectivity index (χ3v) is 4.60. The summed E-state index contributed by atoms with van der Waals surface area (Å²) in [7, 11) is 0.